The molecule has 7 nitrogen and oxygen atoms in total. The molecule has 0 fully saturated rings. The van der Waals surface area contributed by atoms with Crippen LogP contribution in [0.15, 0.2) is 48.7 Å². The number of nitrogens with one attached hydrogen (secondary N) is 4. The lowest BCUT2D eigenvalue weighted by molar-refractivity contribution is -0.109. The van der Waals surface area contributed by atoms with Crippen LogP contribution in [-0.2, 0) is 4.79 Å². The Bertz CT molecular complexity index is 1080. The van der Waals surface area contributed by atoms with E-state index in [9.17, 15) is 4.48 Å². The number of aromatic nitrogens is 1. The summed E-state index contributed by atoms with van der Waals surface area (Å²) in [7, 11) is 1.11. The summed E-state index contributed by atoms with van der Waals surface area (Å²) in [4.78, 5) is 13.4. The molecule has 0 saturated carbocycles. The number of para-hydroxylation sites is 1. The Hall–Kier alpha value is -3.45. The first kappa shape index (κ1) is 22.2. The van der Waals surface area contributed by atoms with Crippen molar-refractivity contribution in [3.8, 4) is 5.75 Å². The lowest BCUT2D eigenvalue weighted by Gasteiger charge is -2.25. The van der Waals surface area contributed by atoms with Crippen LogP contribution in [0, 0.1) is 6.92 Å². The number of rotatable bonds is 5. The Morgan fingerprint density at radius 1 is 1.19 bits per heavy atom. The van der Waals surface area contributed by atoms with Gasteiger partial charge in [-0.05, 0) is 30.7 Å². The lowest BCUT2D eigenvalue weighted by atomic mass is 10.2. The number of hydrogen-bond acceptors (Lipinski definition) is 6. The lowest BCUT2D eigenvalue weighted by Crippen LogP contribution is -2.23. The first-order chi connectivity index (χ1) is 15.0. The highest BCUT2D eigenvalue weighted by Gasteiger charge is 2.27. The zero-order valence-electron chi connectivity index (χ0n) is 17.2. The van der Waals surface area contributed by atoms with Crippen molar-refractivity contribution < 1.29 is 18.2 Å². The number of nitrogens with zero attached hydrogens (tertiary/aromatic N) is 1. The molecule has 3 aromatic rings. The van der Waals surface area contributed by atoms with Gasteiger partial charge in [-0.25, -0.2) is 14.7 Å². The highest BCUT2D eigenvalue weighted by atomic mass is 31.2. The number of carbonyl (C=O) groups is 1. The van der Waals surface area contributed by atoms with Crippen LogP contribution >= 0.6 is 8.23 Å². The Morgan fingerprint density at radius 2 is 1.97 bits per heavy atom. The van der Waals surface area contributed by atoms with E-state index in [4.69, 9.17) is 9.53 Å². The van der Waals surface area contributed by atoms with Gasteiger partial charge in [-0.15, -0.1) is 4.48 Å². The van der Waals surface area contributed by atoms with Crippen molar-refractivity contribution in [2.75, 3.05) is 30.3 Å². The van der Waals surface area contributed by atoms with Gasteiger partial charge in [0.15, 0.2) is 0 Å². The second-order valence-corrected chi connectivity index (χ2v) is 8.03. The topological polar surface area (TPSA) is 87.3 Å². The summed E-state index contributed by atoms with van der Waals surface area (Å²) in [6.45, 7) is 1.95. The van der Waals surface area contributed by atoms with Crippen molar-refractivity contribution in [2.24, 2.45) is 0 Å². The molecule has 31 heavy (non-hydrogen) atoms. The molecule has 0 saturated heterocycles. The zero-order chi connectivity index (χ0) is 22.4. The Balaban J connectivity index is 0.000000628. The summed E-state index contributed by atoms with van der Waals surface area (Å²) in [5.41, 5.74) is 4.98. The van der Waals surface area contributed by atoms with Crippen LogP contribution in [0.25, 0.3) is 0 Å². The molecule has 1 atom stereocenters. The highest BCUT2D eigenvalue weighted by molar-refractivity contribution is 7.69. The third-order valence-corrected chi connectivity index (χ3v) is 6.08. The number of halogens is 2. The van der Waals surface area contributed by atoms with Crippen LogP contribution < -0.4 is 36.8 Å². The minimum Gasteiger partial charge on any atom is -0.494 e. The molecule has 0 aliphatic carbocycles. The third kappa shape index (κ3) is 4.83. The van der Waals surface area contributed by atoms with Crippen molar-refractivity contribution in [3.05, 3.63) is 54.2 Å². The predicted molar refractivity (Wildman–Crippen MR) is 122 cm³/mol. The number of pyridine rings is 1. The number of hydrogen-bond donors (Lipinski definition) is 4. The summed E-state index contributed by atoms with van der Waals surface area (Å²) in [6.07, 6.45) is 2.17. The number of benzene rings is 2. The number of fused-ring (bicyclic) bond motifs is 2. The average Bonchev–Trinajstić information content (AvgIpc) is 2.80. The van der Waals surface area contributed by atoms with Crippen molar-refractivity contribution in [1.29, 1.82) is 0 Å². The zero-order valence-corrected chi connectivity index (χ0v) is 18.1. The fourth-order valence-corrected chi connectivity index (χ4v) is 4.40. The molecular weight excluding hydrogens is 423 g/mol. The summed E-state index contributed by atoms with van der Waals surface area (Å²) in [5, 5.41) is 9.93. The second-order valence-electron chi connectivity index (χ2n) is 6.50. The van der Waals surface area contributed by atoms with Crippen LogP contribution in [0.4, 0.5) is 37.2 Å². The molecule has 1 unspecified atom stereocenters. The van der Waals surface area contributed by atoms with Crippen LogP contribution in [-0.4, -0.2) is 25.6 Å². The molecule has 2 aromatic carbocycles. The average molecular weight is 445 g/mol. The normalized spacial score (nSPS) is 13.4. The van der Waals surface area contributed by atoms with Gasteiger partial charge in [-0.1, -0.05) is 12.1 Å². The van der Waals surface area contributed by atoms with E-state index in [0.29, 0.717) is 40.0 Å². The molecule has 162 valence electrons. The molecule has 1 aromatic heterocycles. The van der Waals surface area contributed by atoms with Gasteiger partial charge in [0.1, 0.15) is 19.8 Å². The van der Waals surface area contributed by atoms with Crippen molar-refractivity contribution in [1.82, 2.24) is 10.3 Å². The quantitative estimate of drug-likeness (QED) is 0.268. The molecule has 4 rings (SSSR count). The molecule has 0 bridgehead atoms. The maximum absolute atomic E-state index is 15.0. The molecule has 0 radical (unpaired) electrons. The van der Waals surface area contributed by atoms with E-state index in [1.165, 1.54) is 13.2 Å². The van der Waals surface area contributed by atoms with E-state index in [1.807, 2.05) is 25.1 Å². The van der Waals surface area contributed by atoms with E-state index in [-0.39, 0.29) is 5.69 Å². The summed E-state index contributed by atoms with van der Waals surface area (Å²) >= 11 is 0. The second kappa shape index (κ2) is 10.0. The van der Waals surface area contributed by atoms with Crippen LogP contribution in [0.1, 0.15) is 5.56 Å². The van der Waals surface area contributed by atoms with Crippen LogP contribution in [0.2, 0.25) is 0 Å². The number of ether oxygens (including phenoxy) is 1. The van der Waals surface area contributed by atoms with Gasteiger partial charge < -0.3 is 20.7 Å². The van der Waals surface area contributed by atoms with Gasteiger partial charge in [0.05, 0.1) is 35.2 Å². The van der Waals surface area contributed by atoms with Crippen molar-refractivity contribution in [3.63, 3.8) is 0 Å². The number of carbonyl (C=O) groups excluding carboxylic acids is 1. The molecule has 1 amide bonds. The van der Waals surface area contributed by atoms with Crippen molar-refractivity contribution >= 4 is 53.8 Å². The van der Waals surface area contributed by atoms with Crippen LogP contribution in [0.5, 0.6) is 5.75 Å². The fraction of sp³-hybridized carbons (Fsp3) is 0.143. The van der Waals surface area contributed by atoms with Gasteiger partial charge in [0.2, 0.25) is 6.41 Å². The molecule has 2 heterocycles. The predicted octanol–water partition coefficient (Wildman–Crippen LogP) is 4.18. The highest BCUT2D eigenvalue weighted by Crippen LogP contribution is 2.45. The van der Waals surface area contributed by atoms with Gasteiger partial charge in [0, 0.05) is 30.7 Å². The monoisotopic (exact) mass is 445 g/mol. The van der Waals surface area contributed by atoms with Gasteiger partial charge in [-0.2, -0.15) is 0 Å². The van der Waals surface area contributed by atoms with Crippen LogP contribution in [0.3, 0.4) is 0 Å². The van der Waals surface area contributed by atoms with Gasteiger partial charge in [0.25, 0.3) is 0 Å². The first-order valence-electron chi connectivity index (χ1n) is 9.27. The van der Waals surface area contributed by atoms with Crippen molar-refractivity contribution in [2.45, 2.75) is 6.92 Å². The minimum absolute atomic E-state index is 0.285. The molecule has 1 aliphatic rings. The number of anilines is 5. The van der Waals surface area contributed by atoms with E-state index in [0.717, 1.165) is 11.3 Å². The molecule has 4 N–H and O–H groups in total. The van der Waals surface area contributed by atoms with Gasteiger partial charge in [-0.3, -0.25) is 4.79 Å². The summed E-state index contributed by atoms with van der Waals surface area (Å²) in [6, 6.07) is 12.2. The number of methoxy groups -OCH3 is 1. The van der Waals surface area contributed by atoms with E-state index in [1.54, 1.807) is 37.0 Å². The maximum Gasteiger partial charge on any atom is 0.206 e. The molecule has 1 aliphatic heterocycles. The SMILES string of the molecule is CNC=O.COc1cc(NF)ccc1Nc1cc2c(cn1)P(F)c1cccc(C)c1N2. The Labute approximate surface area is 180 Å². The smallest absolute Gasteiger partial charge is 0.206 e. The third-order valence-electron chi connectivity index (χ3n) is 4.51. The standard InChI is InChI=1S/C19H17F2N4OP.C2H5NO/c1-11-4-3-5-16-19(11)24-14-9-18(22-10-17(14)27(16)21)23-13-7-6-12(25-20)8-15(13)26-2;1-3-2-4/h3-10,24-25H,1-2H3,(H,22,23);2H,1H3,(H,3,4). The largest absolute Gasteiger partial charge is 0.494 e. The van der Waals surface area contributed by atoms with E-state index >= 15 is 4.20 Å². The molecule has 0 spiro atoms. The fourth-order valence-electron chi connectivity index (χ4n) is 3.01. The minimum atomic E-state index is -1.95. The summed E-state index contributed by atoms with van der Waals surface area (Å²) in [5.74, 6) is 0.986. The number of amides is 1. The molecular formula is C21H22F2N5O2P. The summed E-state index contributed by atoms with van der Waals surface area (Å²) < 4.78 is 32.9. The van der Waals surface area contributed by atoms with E-state index in [2.05, 4.69) is 20.9 Å². The first-order valence-corrected chi connectivity index (χ1v) is 10.5. The Morgan fingerprint density at radius 3 is 2.65 bits per heavy atom. The number of aryl methyl sites for hydroxylation is 1. The molecule has 10 heteroatoms. The Kier molecular flexibility index (Phi) is 7.20. The van der Waals surface area contributed by atoms with Gasteiger partial charge >= 0.3 is 0 Å². The van der Waals surface area contributed by atoms with E-state index < -0.39 is 8.23 Å². The maximum atomic E-state index is 15.0.